The van der Waals surface area contributed by atoms with Crippen LogP contribution in [0.25, 0.3) is 0 Å². The molecular formula is C36H45NO2. The predicted molar refractivity (Wildman–Crippen MR) is 161 cm³/mol. The first-order chi connectivity index (χ1) is 18.9. The van der Waals surface area contributed by atoms with Crippen LogP contribution in [0.3, 0.4) is 0 Å². The maximum absolute atomic E-state index is 11.8. The van der Waals surface area contributed by atoms with Gasteiger partial charge in [0.25, 0.3) is 0 Å². The van der Waals surface area contributed by atoms with Crippen molar-refractivity contribution in [3.05, 3.63) is 120 Å². The molecule has 4 rings (SSSR count). The maximum Gasteiger partial charge on any atom is 0.217 e. The molecule has 0 heterocycles. The number of carbonyl (C=O) groups excluding carboxylic acids is 1. The van der Waals surface area contributed by atoms with Gasteiger partial charge >= 0.3 is 0 Å². The van der Waals surface area contributed by atoms with Crippen LogP contribution >= 0.6 is 0 Å². The average molecular weight is 524 g/mol. The lowest BCUT2D eigenvalue weighted by molar-refractivity contribution is -0.119. The third-order valence-electron chi connectivity index (χ3n) is 8.92. The highest BCUT2D eigenvalue weighted by Gasteiger charge is 2.44. The molecule has 3 aromatic rings. The molecule has 4 unspecified atom stereocenters. The summed E-state index contributed by atoms with van der Waals surface area (Å²) in [7, 11) is 0. The summed E-state index contributed by atoms with van der Waals surface area (Å²) in [6.45, 7) is 10.8. The van der Waals surface area contributed by atoms with Crippen molar-refractivity contribution in [3.63, 3.8) is 0 Å². The number of carbonyl (C=O) groups is 1. The van der Waals surface area contributed by atoms with Gasteiger partial charge in [0.15, 0.2) is 0 Å². The Morgan fingerprint density at radius 2 is 1.51 bits per heavy atom. The van der Waals surface area contributed by atoms with Crippen molar-refractivity contribution in [1.29, 1.82) is 0 Å². The zero-order chi connectivity index (χ0) is 27.7. The summed E-state index contributed by atoms with van der Waals surface area (Å²) in [5.41, 5.74) is 2.77. The Hall–Kier alpha value is -3.17. The minimum atomic E-state index is -0.712. The van der Waals surface area contributed by atoms with Crippen LogP contribution < -0.4 is 5.32 Å². The molecule has 1 saturated carbocycles. The monoisotopic (exact) mass is 523 g/mol. The van der Waals surface area contributed by atoms with Crippen molar-refractivity contribution < 1.29 is 9.53 Å². The number of rotatable bonds is 13. The normalized spacial score (nSPS) is 20.7. The number of ether oxygens (including phenoxy) is 1. The molecule has 0 bridgehead atoms. The largest absolute Gasteiger partial charge is 0.360 e. The number of allylic oxidation sites excluding steroid dienone is 1. The van der Waals surface area contributed by atoms with E-state index in [-0.39, 0.29) is 17.4 Å². The Labute approximate surface area is 235 Å². The van der Waals surface area contributed by atoms with E-state index < -0.39 is 5.60 Å². The zero-order valence-electron chi connectivity index (χ0n) is 23.9. The molecule has 4 atom stereocenters. The van der Waals surface area contributed by atoms with E-state index in [1.54, 1.807) is 6.92 Å². The first-order valence-electron chi connectivity index (χ1n) is 14.6. The summed E-state index contributed by atoms with van der Waals surface area (Å²) in [6, 6.07) is 32.1. The first kappa shape index (κ1) is 28.8. The number of hydrogen-bond donors (Lipinski definition) is 1. The molecule has 0 aliphatic heterocycles. The van der Waals surface area contributed by atoms with Gasteiger partial charge in [-0.15, -0.1) is 6.58 Å². The fraction of sp³-hybridized carbons (Fsp3) is 0.417. The number of benzene rings is 3. The maximum atomic E-state index is 11.8. The van der Waals surface area contributed by atoms with E-state index in [1.165, 1.54) is 0 Å². The van der Waals surface area contributed by atoms with E-state index >= 15 is 0 Å². The highest BCUT2D eigenvalue weighted by Crippen LogP contribution is 2.49. The number of hydrogen-bond acceptors (Lipinski definition) is 2. The van der Waals surface area contributed by atoms with Crippen LogP contribution in [0.1, 0.15) is 76.0 Å². The molecule has 0 saturated heterocycles. The summed E-state index contributed by atoms with van der Waals surface area (Å²) in [4.78, 5) is 11.8. The van der Waals surface area contributed by atoms with E-state index in [4.69, 9.17) is 4.74 Å². The van der Waals surface area contributed by atoms with Crippen molar-refractivity contribution in [2.45, 2.75) is 70.9 Å². The molecule has 3 heteroatoms. The average Bonchev–Trinajstić information content (AvgIpc) is 3.39. The van der Waals surface area contributed by atoms with Crippen LogP contribution in [0, 0.1) is 17.3 Å². The van der Waals surface area contributed by atoms with Crippen LogP contribution in [-0.2, 0) is 15.1 Å². The SMILES string of the molecule is C=CC1CCC(CCC(CC)C(C)NC(C)=O)(COC(c2ccccc2)(c2ccccc2)c2ccccc2)C1. The Morgan fingerprint density at radius 3 is 1.92 bits per heavy atom. The molecule has 3 aromatic carbocycles. The van der Waals surface area contributed by atoms with Crippen molar-refractivity contribution in [2.75, 3.05) is 6.61 Å². The second kappa shape index (κ2) is 13.3. The third kappa shape index (κ3) is 6.70. The van der Waals surface area contributed by atoms with Gasteiger partial charge in [0.2, 0.25) is 5.91 Å². The van der Waals surface area contributed by atoms with Crippen molar-refractivity contribution >= 4 is 5.91 Å². The smallest absolute Gasteiger partial charge is 0.217 e. The van der Waals surface area contributed by atoms with Crippen molar-refractivity contribution in [2.24, 2.45) is 17.3 Å². The Morgan fingerprint density at radius 1 is 1.00 bits per heavy atom. The lowest BCUT2D eigenvalue weighted by atomic mass is 9.76. The molecule has 1 aliphatic rings. The van der Waals surface area contributed by atoms with E-state index in [1.807, 2.05) is 0 Å². The summed E-state index contributed by atoms with van der Waals surface area (Å²) in [5, 5.41) is 3.14. The molecule has 1 amide bonds. The topological polar surface area (TPSA) is 38.3 Å². The molecule has 206 valence electrons. The van der Waals surface area contributed by atoms with Crippen molar-refractivity contribution in [1.82, 2.24) is 5.32 Å². The lowest BCUT2D eigenvalue weighted by Crippen LogP contribution is -2.39. The summed E-state index contributed by atoms with van der Waals surface area (Å²) in [6.07, 6.45) is 8.70. The highest BCUT2D eigenvalue weighted by atomic mass is 16.5. The second-order valence-corrected chi connectivity index (χ2v) is 11.5. The number of nitrogens with one attached hydrogen (secondary N) is 1. The van der Waals surface area contributed by atoms with Gasteiger partial charge in [-0.25, -0.2) is 0 Å². The third-order valence-corrected chi connectivity index (χ3v) is 8.92. The molecule has 0 radical (unpaired) electrons. The predicted octanol–water partition coefficient (Wildman–Crippen LogP) is 8.30. The molecule has 1 fully saturated rings. The van der Waals surface area contributed by atoms with Crippen LogP contribution in [0.5, 0.6) is 0 Å². The molecular weight excluding hydrogens is 478 g/mol. The van der Waals surface area contributed by atoms with Gasteiger partial charge in [0.05, 0.1) is 6.61 Å². The zero-order valence-corrected chi connectivity index (χ0v) is 23.9. The van der Waals surface area contributed by atoms with E-state index in [2.05, 4.69) is 123 Å². The Balaban J connectivity index is 1.70. The van der Waals surface area contributed by atoms with Gasteiger partial charge in [-0.05, 0) is 73.0 Å². The summed E-state index contributed by atoms with van der Waals surface area (Å²) >= 11 is 0. The van der Waals surface area contributed by atoms with Gasteiger partial charge in [0.1, 0.15) is 5.60 Å². The van der Waals surface area contributed by atoms with Gasteiger partial charge in [0, 0.05) is 13.0 Å². The molecule has 1 N–H and O–H groups in total. The second-order valence-electron chi connectivity index (χ2n) is 11.5. The molecule has 0 spiro atoms. The van der Waals surface area contributed by atoms with Crippen LogP contribution in [0.15, 0.2) is 104 Å². The number of amides is 1. The van der Waals surface area contributed by atoms with Gasteiger partial charge < -0.3 is 10.1 Å². The molecule has 1 aliphatic carbocycles. The lowest BCUT2D eigenvalue weighted by Gasteiger charge is -2.40. The molecule has 3 nitrogen and oxygen atoms in total. The minimum Gasteiger partial charge on any atom is -0.360 e. The van der Waals surface area contributed by atoms with Gasteiger partial charge in [-0.1, -0.05) is 110 Å². The highest BCUT2D eigenvalue weighted by molar-refractivity contribution is 5.73. The van der Waals surface area contributed by atoms with E-state index in [0.717, 1.165) is 55.2 Å². The van der Waals surface area contributed by atoms with Crippen LogP contribution in [-0.4, -0.2) is 18.6 Å². The van der Waals surface area contributed by atoms with E-state index in [0.29, 0.717) is 18.4 Å². The van der Waals surface area contributed by atoms with Gasteiger partial charge in [-0.2, -0.15) is 0 Å². The van der Waals surface area contributed by atoms with Crippen LogP contribution in [0.2, 0.25) is 0 Å². The summed E-state index contributed by atoms with van der Waals surface area (Å²) < 4.78 is 7.36. The first-order valence-corrected chi connectivity index (χ1v) is 14.6. The fourth-order valence-corrected chi connectivity index (χ4v) is 6.65. The quantitative estimate of drug-likeness (QED) is 0.181. The summed E-state index contributed by atoms with van der Waals surface area (Å²) in [5.74, 6) is 1.00. The Bertz CT molecular complexity index is 1080. The van der Waals surface area contributed by atoms with Gasteiger partial charge in [-0.3, -0.25) is 4.79 Å². The van der Waals surface area contributed by atoms with Crippen molar-refractivity contribution in [3.8, 4) is 0 Å². The molecule has 39 heavy (non-hydrogen) atoms. The minimum absolute atomic E-state index is 0.0463. The van der Waals surface area contributed by atoms with E-state index in [9.17, 15) is 4.79 Å². The molecule has 0 aromatic heterocycles. The fourth-order valence-electron chi connectivity index (χ4n) is 6.65. The standard InChI is InChI=1S/C36H45NO2/c1-5-30-22-24-35(26-30,25-23-31(6-2)28(3)37-29(4)38)27-39-36(32-16-10-7-11-17-32,33-18-12-8-13-19-33)34-20-14-9-15-21-34/h5,7-21,28,30-31H,1,6,22-27H2,2-4H3,(H,37,38). The Kier molecular flexibility index (Phi) is 9.80. The van der Waals surface area contributed by atoms with Crippen LogP contribution in [0.4, 0.5) is 0 Å².